The fourth-order valence-corrected chi connectivity index (χ4v) is 5.56. The van der Waals surface area contributed by atoms with Crippen LogP contribution >= 0.6 is 0 Å². The van der Waals surface area contributed by atoms with E-state index < -0.39 is 37.1 Å². The molecule has 0 unspecified atom stereocenters. The molecular formula is C30H38N2O9. The summed E-state index contributed by atoms with van der Waals surface area (Å²) in [5.74, 6) is 0.368. The van der Waals surface area contributed by atoms with Gasteiger partial charge in [0.05, 0.1) is 29.7 Å². The third-order valence-corrected chi connectivity index (χ3v) is 8.10. The molecular weight excluding hydrogens is 532 g/mol. The normalized spacial score (nSPS) is 25.9. The van der Waals surface area contributed by atoms with Crippen molar-refractivity contribution in [2.75, 3.05) is 52.5 Å². The van der Waals surface area contributed by atoms with Crippen molar-refractivity contribution >= 4 is 11.0 Å². The maximum absolute atomic E-state index is 13.5. The Morgan fingerprint density at radius 3 is 2.34 bits per heavy atom. The van der Waals surface area contributed by atoms with Crippen LogP contribution in [0.3, 0.4) is 0 Å². The third-order valence-electron chi connectivity index (χ3n) is 8.10. The molecule has 5 atom stereocenters. The number of phenolic OH excluding ortho intramolecular Hbond substituents is 1. The lowest BCUT2D eigenvalue weighted by Gasteiger charge is -2.40. The van der Waals surface area contributed by atoms with E-state index in [1.54, 1.807) is 24.3 Å². The van der Waals surface area contributed by atoms with Crippen LogP contribution in [0.1, 0.15) is 25.0 Å². The quantitative estimate of drug-likeness (QED) is 0.235. The predicted molar refractivity (Wildman–Crippen MR) is 151 cm³/mol. The molecule has 0 radical (unpaired) electrons. The lowest BCUT2D eigenvalue weighted by molar-refractivity contribution is -0.231. The summed E-state index contributed by atoms with van der Waals surface area (Å²) in [4.78, 5) is 18.4. The van der Waals surface area contributed by atoms with Gasteiger partial charge >= 0.3 is 0 Å². The topological polar surface area (TPSA) is 156 Å². The molecule has 1 aromatic heterocycles. The van der Waals surface area contributed by atoms with Gasteiger partial charge in [-0.1, -0.05) is 19.1 Å². The molecule has 3 aromatic rings. The van der Waals surface area contributed by atoms with E-state index in [9.17, 15) is 30.3 Å². The number of hydrogen-bond acceptors (Lipinski definition) is 11. The number of piperazine rings is 1. The van der Waals surface area contributed by atoms with Gasteiger partial charge < -0.3 is 49.2 Å². The molecule has 2 aromatic carbocycles. The van der Waals surface area contributed by atoms with Crippen LogP contribution in [0.5, 0.6) is 11.5 Å². The molecule has 222 valence electrons. The van der Waals surface area contributed by atoms with Crippen molar-refractivity contribution in [1.82, 2.24) is 9.80 Å². The van der Waals surface area contributed by atoms with E-state index in [1.807, 2.05) is 0 Å². The Morgan fingerprint density at radius 1 is 0.951 bits per heavy atom. The number of fused-ring (bicyclic) bond motifs is 1. The Hall–Kier alpha value is -3.03. The SMILES string of the molecule is CCN1CCN(CCCOc2ccc(-c3coc4c([C@@H]5O[C@H](CO)[C@@H](O)[C@H](O)[C@H]5O)c(O)ccc4c3=O)cc2)CC1. The zero-order valence-electron chi connectivity index (χ0n) is 23.1. The van der Waals surface area contributed by atoms with Crippen molar-refractivity contribution in [1.29, 1.82) is 0 Å². The van der Waals surface area contributed by atoms with Crippen LogP contribution in [-0.2, 0) is 4.74 Å². The highest BCUT2D eigenvalue weighted by atomic mass is 16.5. The van der Waals surface area contributed by atoms with Gasteiger partial charge in [-0.25, -0.2) is 0 Å². The number of nitrogens with zero attached hydrogens (tertiary/aromatic N) is 2. The van der Waals surface area contributed by atoms with E-state index in [4.69, 9.17) is 13.9 Å². The number of aliphatic hydroxyl groups excluding tert-OH is 4. The first kappa shape index (κ1) is 29.5. The summed E-state index contributed by atoms with van der Waals surface area (Å²) in [6, 6.07) is 9.84. The molecule has 0 saturated carbocycles. The second-order valence-electron chi connectivity index (χ2n) is 10.6. The lowest BCUT2D eigenvalue weighted by atomic mass is 9.89. The van der Waals surface area contributed by atoms with Crippen LogP contribution in [0.2, 0.25) is 0 Å². The van der Waals surface area contributed by atoms with Crippen molar-refractivity contribution in [2.24, 2.45) is 0 Å². The van der Waals surface area contributed by atoms with Crippen LogP contribution < -0.4 is 10.2 Å². The molecule has 11 heteroatoms. The molecule has 0 amide bonds. The van der Waals surface area contributed by atoms with Crippen LogP contribution in [0.25, 0.3) is 22.1 Å². The first-order chi connectivity index (χ1) is 19.8. The summed E-state index contributed by atoms with van der Waals surface area (Å²) in [5.41, 5.74) is 0.456. The van der Waals surface area contributed by atoms with E-state index in [2.05, 4.69) is 16.7 Å². The van der Waals surface area contributed by atoms with Crippen molar-refractivity contribution < 1.29 is 39.4 Å². The highest BCUT2D eigenvalue weighted by Crippen LogP contribution is 2.40. The predicted octanol–water partition coefficient (Wildman–Crippen LogP) is 1.09. The van der Waals surface area contributed by atoms with Gasteiger partial charge in [-0.15, -0.1) is 0 Å². The molecule has 2 saturated heterocycles. The maximum atomic E-state index is 13.5. The highest BCUT2D eigenvalue weighted by Gasteiger charge is 2.45. The minimum Gasteiger partial charge on any atom is -0.507 e. The van der Waals surface area contributed by atoms with Crippen LogP contribution in [0, 0.1) is 0 Å². The zero-order valence-corrected chi connectivity index (χ0v) is 23.1. The van der Waals surface area contributed by atoms with Gasteiger partial charge in [0.1, 0.15) is 53.9 Å². The van der Waals surface area contributed by atoms with E-state index in [-0.39, 0.29) is 27.7 Å². The zero-order chi connectivity index (χ0) is 29.1. The second-order valence-corrected chi connectivity index (χ2v) is 10.6. The van der Waals surface area contributed by atoms with Crippen molar-refractivity contribution in [3.63, 3.8) is 0 Å². The Labute approximate surface area is 237 Å². The summed E-state index contributed by atoms with van der Waals surface area (Å²) in [5, 5.41) is 51.2. The number of hydrogen-bond donors (Lipinski definition) is 5. The van der Waals surface area contributed by atoms with Crippen molar-refractivity contribution in [3.8, 4) is 22.6 Å². The molecule has 2 aliphatic rings. The smallest absolute Gasteiger partial charge is 0.200 e. The summed E-state index contributed by atoms with van der Waals surface area (Å²) < 4.78 is 17.3. The van der Waals surface area contributed by atoms with Gasteiger partial charge in [0.2, 0.25) is 5.43 Å². The first-order valence-electron chi connectivity index (χ1n) is 14.1. The number of rotatable bonds is 9. The lowest BCUT2D eigenvalue weighted by Crippen LogP contribution is -2.55. The molecule has 5 rings (SSSR count). The first-order valence-corrected chi connectivity index (χ1v) is 14.1. The molecule has 2 aliphatic heterocycles. The Morgan fingerprint density at radius 2 is 1.66 bits per heavy atom. The molecule has 11 nitrogen and oxygen atoms in total. The van der Waals surface area contributed by atoms with Gasteiger partial charge in [-0.3, -0.25) is 4.79 Å². The second kappa shape index (κ2) is 12.9. The van der Waals surface area contributed by atoms with Crippen LogP contribution in [-0.4, -0.2) is 112 Å². The van der Waals surface area contributed by atoms with E-state index in [1.165, 1.54) is 18.4 Å². The van der Waals surface area contributed by atoms with E-state index in [0.29, 0.717) is 23.5 Å². The summed E-state index contributed by atoms with van der Waals surface area (Å²) in [6.45, 7) is 8.63. The number of phenols is 1. The van der Waals surface area contributed by atoms with Crippen molar-refractivity contribution in [3.05, 3.63) is 58.4 Å². The minimum absolute atomic E-state index is 0.0286. The van der Waals surface area contributed by atoms with Crippen LogP contribution in [0.4, 0.5) is 0 Å². The van der Waals surface area contributed by atoms with Gasteiger partial charge in [0, 0.05) is 32.7 Å². The molecule has 2 fully saturated rings. The Balaban J connectivity index is 1.29. The van der Waals surface area contributed by atoms with Gasteiger partial charge in [0.25, 0.3) is 0 Å². The third kappa shape index (κ3) is 6.12. The molecule has 3 heterocycles. The molecule has 0 aliphatic carbocycles. The van der Waals surface area contributed by atoms with E-state index in [0.717, 1.165) is 45.7 Å². The van der Waals surface area contributed by atoms with Crippen molar-refractivity contribution in [2.45, 2.75) is 43.9 Å². The molecule has 41 heavy (non-hydrogen) atoms. The highest BCUT2D eigenvalue weighted by molar-refractivity contribution is 5.86. The number of benzene rings is 2. The summed E-state index contributed by atoms with van der Waals surface area (Å²) in [7, 11) is 0. The molecule has 0 spiro atoms. The fourth-order valence-electron chi connectivity index (χ4n) is 5.56. The fraction of sp³-hybridized carbons (Fsp3) is 0.500. The Bertz CT molecular complexity index is 1370. The number of likely N-dealkylation sites (N-methyl/N-ethyl adjacent to an activating group) is 1. The number of ether oxygens (including phenoxy) is 2. The van der Waals surface area contributed by atoms with E-state index >= 15 is 0 Å². The average Bonchev–Trinajstić information content (AvgIpc) is 2.99. The monoisotopic (exact) mass is 570 g/mol. The largest absolute Gasteiger partial charge is 0.507 e. The van der Waals surface area contributed by atoms with Crippen LogP contribution in [0.15, 0.2) is 51.9 Å². The Kier molecular flexibility index (Phi) is 9.25. The minimum atomic E-state index is -1.65. The molecule has 5 N–H and O–H groups in total. The standard InChI is InChI=1S/C30H38N2O9/c1-2-31-11-13-32(14-12-31)10-3-15-39-19-6-4-18(5-7-19)21-17-40-29-20(25(21)35)8-9-22(34)24(29)30-28(38)27(37)26(36)23(16-33)41-30/h4-9,17,23,26-28,30,33-34,36-38H,2-3,10-16H2,1H3/t23-,26-,27+,28-,30+/m1/s1. The average molecular weight is 571 g/mol. The van der Waals surface area contributed by atoms with Gasteiger partial charge in [0.15, 0.2) is 0 Å². The number of aliphatic hydroxyl groups is 4. The van der Waals surface area contributed by atoms with Gasteiger partial charge in [-0.05, 0) is 42.8 Å². The summed E-state index contributed by atoms with van der Waals surface area (Å²) in [6.07, 6.45) is -5.21. The maximum Gasteiger partial charge on any atom is 0.200 e. The van der Waals surface area contributed by atoms with Gasteiger partial charge in [-0.2, -0.15) is 0 Å². The summed E-state index contributed by atoms with van der Waals surface area (Å²) >= 11 is 0. The number of aromatic hydroxyl groups is 1. The molecule has 0 bridgehead atoms.